The fourth-order valence-corrected chi connectivity index (χ4v) is 3.66. The second-order valence-electron chi connectivity index (χ2n) is 6.87. The van der Waals surface area contributed by atoms with E-state index in [0.29, 0.717) is 25.3 Å². The van der Waals surface area contributed by atoms with Gasteiger partial charge in [-0.2, -0.15) is 10.2 Å². The first-order valence-corrected chi connectivity index (χ1v) is 9.55. The van der Waals surface area contributed by atoms with Gasteiger partial charge in [-0.1, -0.05) is 6.92 Å². The van der Waals surface area contributed by atoms with Crippen molar-refractivity contribution in [3.05, 3.63) is 41.2 Å². The van der Waals surface area contributed by atoms with E-state index in [9.17, 15) is 4.39 Å². The Bertz CT molecular complexity index is 995. The predicted octanol–water partition coefficient (Wildman–Crippen LogP) is 3.11. The first-order valence-electron chi connectivity index (χ1n) is 9.55. The molecule has 4 heterocycles. The SMILES string of the molecule is CCCn1cc(-c2nn(-c3cnc(OC)c(F)c3)c3c2CCOCC3)c(C)n1. The van der Waals surface area contributed by atoms with Crippen molar-refractivity contribution in [3.8, 4) is 22.8 Å². The first-order chi connectivity index (χ1) is 13.6. The van der Waals surface area contributed by atoms with E-state index >= 15 is 0 Å². The van der Waals surface area contributed by atoms with E-state index in [0.717, 1.165) is 47.6 Å². The van der Waals surface area contributed by atoms with Gasteiger partial charge in [-0.3, -0.25) is 4.68 Å². The zero-order valence-electron chi connectivity index (χ0n) is 16.4. The number of pyridine rings is 1. The largest absolute Gasteiger partial charge is 0.479 e. The van der Waals surface area contributed by atoms with E-state index in [2.05, 4.69) is 17.0 Å². The topological polar surface area (TPSA) is 67.0 Å². The molecule has 0 atom stereocenters. The molecule has 0 saturated heterocycles. The Morgan fingerprint density at radius 3 is 2.82 bits per heavy atom. The second kappa shape index (κ2) is 7.71. The van der Waals surface area contributed by atoms with Crippen molar-refractivity contribution in [1.29, 1.82) is 0 Å². The summed E-state index contributed by atoms with van der Waals surface area (Å²) < 4.78 is 28.6. The van der Waals surface area contributed by atoms with E-state index in [1.165, 1.54) is 13.2 Å². The Labute approximate surface area is 163 Å². The third-order valence-corrected chi connectivity index (χ3v) is 4.95. The van der Waals surface area contributed by atoms with Crippen LogP contribution in [0.4, 0.5) is 4.39 Å². The number of halogens is 1. The van der Waals surface area contributed by atoms with E-state index in [1.807, 2.05) is 17.8 Å². The molecule has 1 aliphatic rings. The van der Waals surface area contributed by atoms with Crippen molar-refractivity contribution in [1.82, 2.24) is 24.5 Å². The number of rotatable bonds is 5. The van der Waals surface area contributed by atoms with Crippen LogP contribution in [0.1, 0.15) is 30.3 Å². The monoisotopic (exact) mass is 385 g/mol. The number of methoxy groups -OCH3 is 1. The fraction of sp³-hybridized carbons (Fsp3) is 0.450. The lowest BCUT2D eigenvalue weighted by Crippen LogP contribution is -2.06. The maximum absolute atomic E-state index is 14.3. The maximum Gasteiger partial charge on any atom is 0.250 e. The molecular weight excluding hydrogens is 361 g/mol. The van der Waals surface area contributed by atoms with Crippen molar-refractivity contribution >= 4 is 0 Å². The summed E-state index contributed by atoms with van der Waals surface area (Å²) in [5.74, 6) is -0.537. The minimum Gasteiger partial charge on any atom is -0.479 e. The quantitative estimate of drug-likeness (QED) is 0.675. The van der Waals surface area contributed by atoms with E-state index in [-0.39, 0.29) is 5.88 Å². The van der Waals surface area contributed by atoms with Crippen LogP contribution in [0.2, 0.25) is 0 Å². The molecule has 0 saturated carbocycles. The van der Waals surface area contributed by atoms with Crippen LogP contribution in [0, 0.1) is 12.7 Å². The molecule has 0 aliphatic carbocycles. The summed E-state index contributed by atoms with van der Waals surface area (Å²) in [6.07, 6.45) is 6.10. The van der Waals surface area contributed by atoms with Gasteiger partial charge in [-0.25, -0.2) is 14.1 Å². The van der Waals surface area contributed by atoms with Crippen LogP contribution in [0.5, 0.6) is 5.88 Å². The van der Waals surface area contributed by atoms with Crippen LogP contribution in [0.3, 0.4) is 0 Å². The molecule has 0 unspecified atom stereocenters. The molecule has 148 valence electrons. The third kappa shape index (κ3) is 3.28. The average molecular weight is 385 g/mol. The van der Waals surface area contributed by atoms with E-state index in [4.69, 9.17) is 14.6 Å². The average Bonchev–Trinajstić information content (AvgIpc) is 3.11. The Hall–Kier alpha value is -2.74. The zero-order valence-corrected chi connectivity index (χ0v) is 16.4. The second-order valence-corrected chi connectivity index (χ2v) is 6.87. The van der Waals surface area contributed by atoms with E-state index < -0.39 is 5.82 Å². The summed E-state index contributed by atoms with van der Waals surface area (Å²) in [7, 11) is 1.40. The maximum atomic E-state index is 14.3. The summed E-state index contributed by atoms with van der Waals surface area (Å²) in [6.45, 7) is 6.23. The summed E-state index contributed by atoms with van der Waals surface area (Å²) in [5.41, 5.74) is 5.56. The molecule has 4 rings (SSSR count). The fourth-order valence-electron chi connectivity index (χ4n) is 3.66. The highest BCUT2D eigenvalue weighted by atomic mass is 19.1. The molecule has 0 aromatic carbocycles. The smallest absolute Gasteiger partial charge is 0.250 e. The molecule has 0 fully saturated rings. The van der Waals surface area contributed by atoms with Gasteiger partial charge in [0.2, 0.25) is 5.88 Å². The summed E-state index contributed by atoms with van der Waals surface area (Å²) >= 11 is 0. The predicted molar refractivity (Wildman–Crippen MR) is 102 cm³/mol. The van der Waals surface area contributed by atoms with Crippen LogP contribution >= 0.6 is 0 Å². The van der Waals surface area contributed by atoms with E-state index in [1.54, 1.807) is 10.9 Å². The van der Waals surface area contributed by atoms with Crippen molar-refractivity contribution in [2.75, 3.05) is 20.3 Å². The standard InChI is InChI=1S/C20H24FN5O2/c1-4-7-25-12-16(13(2)23-25)19-15-5-8-28-9-6-18(15)26(24-19)14-10-17(21)20(27-3)22-11-14/h10-12H,4-9H2,1-3H3. The van der Waals surface area contributed by atoms with Crippen molar-refractivity contribution in [3.63, 3.8) is 0 Å². The minimum atomic E-state index is -0.511. The van der Waals surface area contributed by atoms with Crippen LogP contribution in [0.15, 0.2) is 18.5 Å². The Morgan fingerprint density at radius 2 is 2.07 bits per heavy atom. The summed E-state index contributed by atoms with van der Waals surface area (Å²) in [6, 6.07) is 1.40. The van der Waals surface area contributed by atoms with Crippen molar-refractivity contribution in [2.45, 2.75) is 39.7 Å². The molecule has 7 nitrogen and oxygen atoms in total. The number of nitrogens with zero attached hydrogens (tertiary/aromatic N) is 5. The van der Waals surface area contributed by atoms with Crippen LogP contribution in [-0.2, 0) is 24.1 Å². The lowest BCUT2D eigenvalue weighted by Gasteiger charge is -2.08. The Morgan fingerprint density at radius 1 is 1.25 bits per heavy atom. The van der Waals surface area contributed by atoms with Crippen molar-refractivity contribution in [2.24, 2.45) is 0 Å². The van der Waals surface area contributed by atoms with Gasteiger partial charge in [-0.05, 0) is 19.8 Å². The summed E-state index contributed by atoms with van der Waals surface area (Å²) in [5, 5.41) is 9.48. The number of hydrogen-bond donors (Lipinski definition) is 0. The van der Waals surface area contributed by atoms with Gasteiger partial charge >= 0.3 is 0 Å². The molecule has 0 N–H and O–H groups in total. The lowest BCUT2D eigenvalue weighted by atomic mass is 10.0. The Balaban J connectivity index is 1.86. The van der Waals surface area contributed by atoms with Gasteiger partial charge in [-0.15, -0.1) is 0 Å². The molecule has 3 aromatic rings. The van der Waals surface area contributed by atoms with Crippen molar-refractivity contribution < 1.29 is 13.9 Å². The Kier molecular flexibility index (Phi) is 5.13. The van der Waals surface area contributed by atoms with Crippen LogP contribution in [0.25, 0.3) is 16.9 Å². The molecule has 28 heavy (non-hydrogen) atoms. The number of ether oxygens (including phenoxy) is 2. The molecule has 0 amide bonds. The molecule has 8 heteroatoms. The van der Waals surface area contributed by atoms with Crippen LogP contribution < -0.4 is 4.74 Å². The number of hydrogen-bond acceptors (Lipinski definition) is 5. The molecule has 0 radical (unpaired) electrons. The summed E-state index contributed by atoms with van der Waals surface area (Å²) in [4.78, 5) is 4.07. The van der Waals surface area contributed by atoms with Gasteiger partial charge < -0.3 is 9.47 Å². The molecular formula is C20H24FN5O2. The molecule has 1 aliphatic heterocycles. The van der Waals surface area contributed by atoms with Gasteiger partial charge in [0, 0.05) is 36.4 Å². The highest BCUT2D eigenvalue weighted by molar-refractivity contribution is 5.67. The molecule has 3 aromatic heterocycles. The molecule has 0 bridgehead atoms. The molecule has 0 spiro atoms. The highest BCUT2D eigenvalue weighted by Gasteiger charge is 2.24. The zero-order chi connectivity index (χ0) is 19.7. The first kappa shape index (κ1) is 18.6. The lowest BCUT2D eigenvalue weighted by molar-refractivity contribution is 0.145. The number of fused-ring (bicyclic) bond motifs is 1. The van der Waals surface area contributed by atoms with Gasteiger partial charge in [0.25, 0.3) is 0 Å². The van der Waals surface area contributed by atoms with Gasteiger partial charge in [0.15, 0.2) is 5.82 Å². The van der Waals surface area contributed by atoms with Gasteiger partial charge in [0.1, 0.15) is 0 Å². The third-order valence-electron chi connectivity index (χ3n) is 4.95. The van der Waals surface area contributed by atoms with Gasteiger partial charge in [0.05, 0.1) is 49.3 Å². The highest BCUT2D eigenvalue weighted by Crippen LogP contribution is 2.32. The number of aromatic nitrogens is 5. The minimum absolute atomic E-state index is 0.0257. The van der Waals surface area contributed by atoms with Crippen LogP contribution in [-0.4, -0.2) is 44.9 Å². The normalized spacial score (nSPS) is 14.0. The number of aryl methyl sites for hydroxylation is 2.